The Hall–Kier alpha value is -0.0831. The van der Waals surface area contributed by atoms with Crippen LogP contribution in [-0.2, 0) is 9.47 Å². The molecule has 0 aromatic heterocycles. The first kappa shape index (κ1) is 15.3. The predicted molar refractivity (Wildman–Crippen MR) is 84.8 cm³/mol. The maximum Gasteiger partial charge on any atom is 0.166 e. The summed E-state index contributed by atoms with van der Waals surface area (Å²) >= 11 is 3.68. The average Bonchev–Trinajstić information content (AvgIpc) is 2.51. The minimum Gasteiger partial charge on any atom is -0.335 e. The van der Waals surface area contributed by atoms with Crippen molar-refractivity contribution in [3.63, 3.8) is 0 Å². The minimum absolute atomic E-state index is 0.167. The Bertz CT molecular complexity index is 453. The van der Waals surface area contributed by atoms with Crippen LogP contribution in [0.4, 0.5) is 0 Å². The Kier molecular flexibility index (Phi) is 4.06. The number of hydrogen-bond donors (Lipinski definition) is 0. The Morgan fingerprint density at radius 2 is 2.05 bits per heavy atom. The van der Waals surface area contributed by atoms with E-state index in [9.17, 15) is 0 Å². The fourth-order valence-corrected chi connectivity index (χ4v) is 3.85. The molecule has 4 heteroatoms. The van der Waals surface area contributed by atoms with Crippen molar-refractivity contribution in [2.45, 2.75) is 70.2 Å². The molecule has 2 rings (SSSR count). The topological polar surface area (TPSA) is 18.5 Å². The van der Waals surface area contributed by atoms with Crippen LogP contribution < -0.4 is 0 Å². The lowest BCUT2D eigenvalue weighted by Gasteiger charge is -2.34. The molecule has 0 amide bonds. The van der Waals surface area contributed by atoms with Gasteiger partial charge in [-0.3, -0.25) is 0 Å². The van der Waals surface area contributed by atoms with Crippen molar-refractivity contribution in [1.82, 2.24) is 0 Å². The molecule has 1 saturated heterocycles. The van der Waals surface area contributed by atoms with Gasteiger partial charge in [-0.25, -0.2) is 0 Å². The van der Waals surface area contributed by atoms with Crippen LogP contribution >= 0.6 is 15.9 Å². The molecule has 0 unspecified atom stereocenters. The van der Waals surface area contributed by atoms with Crippen molar-refractivity contribution < 1.29 is 9.47 Å². The standard InChI is InChI=1S/C15H23BrO2Si/c1-14(2)17-13(9-11-19(3,4)5)15(18-14)10-7-6-8-12(15)16/h8,13H,6-7,10H2,1-5H3/t13-,15-/m0/s1. The van der Waals surface area contributed by atoms with Gasteiger partial charge >= 0.3 is 0 Å². The molecular weight excluding hydrogens is 320 g/mol. The van der Waals surface area contributed by atoms with Gasteiger partial charge < -0.3 is 9.47 Å². The Labute approximate surface area is 126 Å². The molecule has 1 aliphatic heterocycles. The summed E-state index contributed by atoms with van der Waals surface area (Å²) in [5.41, 5.74) is 3.04. The van der Waals surface area contributed by atoms with Crippen LogP contribution in [0.2, 0.25) is 19.6 Å². The third-order valence-electron chi connectivity index (χ3n) is 3.31. The summed E-state index contributed by atoms with van der Waals surface area (Å²) in [7, 11) is -1.40. The molecule has 2 nitrogen and oxygen atoms in total. The SMILES string of the molecule is CC1(C)O[C@@H](C#C[Si](C)(C)C)[C@@]2(CCCC=C2Br)O1. The van der Waals surface area contributed by atoms with Crippen molar-refractivity contribution in [2.24, 2.45) is 0 Å². The van der Waals surface area contributed by atoms with Gasteiger partial charge in [0.2, 0.25) is 0 Å². The summed E-state index contributed by atoms with van der Waals surface area (Å²) < 4.78 is 13.4. The van der Waals surface area contributed by atoms with Gasteiger partial charge in [0, 0.05) is 4.48 Å². The lowest BCUT2D eigenvalue weighted by Crippen LogP contribution is -2.41. The van der Waals surface area contributed by atoms with E-state index in [0.717, 1.165) is 23.7 Å². The third kappa shape index (κ3) is 3.33. The second-order valence-corrected chi connectivity index (χ2v) is 12.5. The molecule has 19 heavy (non-hydrogen) atoms. The molecule has 0 aromatic carbocycles. The molecule has 0 bridgehead atoms. The molecule has 1 spiro atoms. The molecule has 106 valence electrons. The Morgan fingerprint density at radius 1 is 1.37 bits per heavy atom. The number of ether oxygens (including phenoxy) is 2. The average molecular weight is 343 g/mol. The van der Waals surface area contributed by atoms with Crippen molar-refractivity contribution in [3.8, 4) is 11.5 Å². The smallest absolute Gasteiger partial charge is 0.166 e. The molecule has 0 N–H and O–H groups in total. The second-order valence-electron chi connectivity index (χ2n) is 6.85. The molecule has 2 atom stereocenters. The summed E-state index contributed by atoms with van der Waals surface area (Å²) in [6, 6.07) is 0. The van der Waals surface area contributed by atoms with E-state index in [2.05, 4.69) is 53.1 Å². The predicted octanol–water partition coefficient (Wildman–Crippen LogP) is 4.22. The number of rotatable bonds is 0. The molecule has 2 aliphatic rings. The van der Waals surface area contributed by atoms with Crippen molar-refractivity contribution >= 4 is 24.0 Å². The van der Waals surface area contributed by atoms with E-state index in [-0.39, 0.29) is 6.10 Å². The van der Waals surface area contributed by atoms with Crippen molar-refractivity contribution in [2.75, 3.05) is 0 Å². The summed E-state index contributed by atoms with van der Waals surface area (Å²) in [5, 5.41) is 0. The van der Waals surface area contributed by atoms with Gasteiger partial charge in [-0.15, -0.1) is 5.54 Å². The van der Waals surface area contributed by atoms with Crippen LogP contribution in [0.3, 0.4) is 0 Å². The second kappa shape index (κ2) is 5.03. The van der Waals surface area contributed by atoms with E-state index < -0.39 is 19.5 Å². The molecule has 0 saturated carbocycles. The lowest BCUT2D eigenvalue weighted by atomic mass is 9.86. The molecule has 0 radical (unpaired) electrons. The molecule has 0 aromatic rings. The molecule has 1 aliphatic carbocycles. The van der Waals surface area contributed by atoms with Gasteiger partial charge in [-0.1, -0.05) is 47.6 Å². The van der Waals surface area contributed by atoms with E-state index >= 15 is 0 Å². The quantitative estimate of drug-likeness (QED) is 0.484. The summed E-state index contributed by atoms with van der Waals surface area (Å²) in [6.07, 6.45) is 5.23. The highest BCUT2D eigenvalue weighted by atomic mass is 79.9. The largest absolute Gasteiger partial charge is 0.335 e. The summed E-state index contributed by atoms with van der Waals surface area (Å²) in [4.78, 5) is 0. The van der Waals surface area contributed by atoms with Crippen LogP contribution in [0.1, 0.15) is 33.1 Å². The number of halogens is 1. The van der Waals surface area contributed by atoms with Gasteiger partial charge in [-0.2, -0.15) is 0 Å². The van der Waals surface area contributed by atoms with Crippen molar-refractivity contribution in [3.05, 3.63) is 10.6 Å². The van der Waals surface area contributed by atoms with Gasteiger partial charge in [0.25, 0.3) is 0 Å². The first-order chi connectivity index (χ1) is 8.65. The van der Waals surface area contributed by atoms with Crippen LogP contribution in [0.25, 0.3) is 0 Å². The number of allylic oxidation sites excluding steroid dienone is 1. The third-order valence-corrected chi connectivity index (χ3v) is 5.20. The highest BCUT2D eigenvalue weighted by Gasteiger charge is 2.54. The van der Waals surface area contributed by atoms with E-state index in [1.807, 2.05) is 13.8 Å². The van der Waals surface area contributed by atoms with Gasteiger partial charge in [-0.05, 0) is 33.1 Å². The zero-order valence-electron chi connectivity index (χ0n) is 12.5. The maximum absolute atomic E-state index is 6.24. The number of hydrogen-bond acceptors (Lipinski definition) is 2. The zero-order valence-corrected chi connectivity index (χ0v) is 15.1. The Balaban J connectivity index is 2.36. The van der Waals surface area contributed by atoms with E-state index in [1.54, 1.807) is 0 Å². The fourth-order valence-electron chi connectivity index (χ4n) is 2.57. The zero-order chi connectivity index (χ0) is 14.3. The van der Waals surface area contributed by atoms with E-state index in [0.29, 0.717) is 0 Å². The Morgan fingerprint density at radius 3 is 2.63 bits per heavy atom. The van der Waals surface area contributed by atoms with Crippen LogP contribution in [0, 0.1) is 11.5 Å². The summed E-state index contributed by atoms with van der Waals surface area (Å²) in [5.74, 6) is 2.80. The first-order valence-electron chi connectivity index (χ1n) is 6.91. The normalized spacial score (nSPS) is 33.8. The van der Waals surface area contributed by atoms with Gasteiger partial charge in [0.05, 0.1) is 0 Å². The van der Waals surface area contributed by atoms with Gasteiger partial charge in [0.15, 0.2) is 11.9 Å². The maximum atomic E-state index is 6.24. The lowest BCUT2D eigenvalue weighted by molar-refractivity contribution is -0.155. The molecular formula is C15H23BrO2Si. The van der Waals surface area contributed by atoms with Gasteiger partial charge in [0.1, 0.15) is 13.7 Å². The van der Waals surface area contributed by atoms with Crippen LogP contribution in [0.5, 0.6) is 0 Å². The molecule has 1 fully saturated rings. The fraction of sp³-hybridized carbons (Fsp3) is 0.733. The molecule has 1 heterocycles. The van der Waals surface area contributed by atoms with E-state index in [1.165, 1.54) is 0 Å². The summed E-state index contributed by atoms with van der Waals surface area (Å²) in [6.45, 7) is 10.7. The van der Waals surface area contributed by atoms with E-state index in [4.69, 9.17) is 9.47 Å². The van der Waals surface area contributed by atoms with Crippen LogP contribution in [-0.4, -0.2) is 25.6 Å². The van der Waals surface area contributed by atoms with Crippen LogP contribution in [0.15, 0.2) is 10.6 Å². The minimum atomic E-state index is -1.40. The first-order valence-corrected chi connectivity index (χ1v) is 11.2. The monoisotopic (exact) mass is 342 g/mol. The highest BCUT2D eigenvalue weighted by molar-refractivity contribution is 9.11. The highest BCUT2D eigenvalue weighted by Crippen LogP contribution is 2.48. The van der Waals surface area contributed by atoms with Crippen molar-refractivity contribution in [1.29, 1.82) is 0 Å².